The van der Waals surface area contributed by atoms with Gasteiger partial charge in [-0.25, -0.2) is 4.57 Å². The molecule has 0 saturated carbocycles. The second-order valence-corrected chi connectivity index (χ2v) is 6.01. The van der Waals surface area contributed by atoms with E-state index < -0.39 is 18.2 Å². The molecule has 0 aliphatic carbocycles. The fourth-order valence-corrected chi connectivity index (χ4v) is 2.47. The summed E-state index contributed by atoms with van der Waals surface area (Å²) in [4.78, 5) is 22.8. The standard InChI is InChI=1S/C15H16IN2O4/c1-10(19)21-14-8-12(16)4-5-13(14)15(22-11(2)20)18-7-6-17(3)9-18/h4-9,15H,1-3H3/q+1. The molecule has 0 bridgehead atoms. The Morgan fingerprint density at radius 2 is 2.00 bits per heavy atom. The van der Waals surface area contributed by atoms with Crippen molar-refractivity contribution in [1.82, 2.24) is 4.57 Å². The molecule has 1 unspecified atom stereocenters. The number of hydrogen-bond donors (Lipinski definition) is 0. The largest absolute Gasteiger partial charge is 0.426 e. The maximum atomic E-state index is 11.5. The number of hydrogen-bond acceptors (Lipinski definition) is 4. The second kappa shape index (κ2) is 6.91. The van der Waals surface area contributed by atoms with Crippen molar-refractivity contribution in [3.63, 3.8) is 0 Å². The van der Waals surface area contributed by atoms with Crippen LogP contribution in [0.1, 0.15) is 25.6 Å². The van der Waals surface area contributed by atoms with Crippen LogP contribution in [0.5, 0.6) is 5.75 Å². The molecule has 0 amide bonds. The van der Waals surface area contributed by atoms with Gasteiger partial charge in [-0.3, -0.25) is 9.59 Å². The van der Waals surface area contributed by atoms with Crippen LogP contribution in [0.15, 0.2) is 36.9 Å². The molecule has 1 atom stereocenters. The van der Waals surface area contributed by atoms with Crippen LogP contribution in [0.3, 0.4) is 0 Å². The first-order valence-electron chi connectivity index (χ1n) is 6.54. The number of ether oxygens (including phenoxy) is 2. The Morgan fingerprint density at radius 1 is 1.27 bits per heavy atom. The van der Waals surface area contributed by atoms with Gasteiger partial charge in [-0.05, 0) is 40.8 Å². The van der Waals surface area contributed by atoms with Crippen molar-refractivity contribution in [3.8, 4) is 5.75 Å². The van der Waals surface area contributed by atoms with E-state index in [1.807, 2.05) is 23.9 Å². The third-order valence-electron chi connectivity index (χ3n) is 2.83. The monoisotopic (exact) mass is 415 g/mol. The highest BCUT2D eigenvalue weighted by molar-refractivity contribution is 14.1. The van der Waals surface area contributed by atoms with Gasteiger partial charge in [0.15, 0.2) is 0 Å². The first kappa shape index (κ1) is 16.5. The van der Waals surface area contributed by atoms with E-state index in [9.17, 15) is 9.59 Å². The average Bonchev–Trinajstić information content (AvgIpc) is 2.82. The number of nitrogens with zero attached hydrogens (tertiary/aromatic N) is 2. The van der Waals surface area contributed by atoms with E-state index >= 15 is 0 Å². The number of imidazole rings is 1. The van der Waals surface area contributed by atoms with E-state index in [1.54, 1.807) is 29.2 Å². The van der Waals surface area contributed by atoms with Crippen LogP contribution in [0, 0.1) is 3.57 Å². The van der Waals surface area contributed by atoms with Crippen molar-refractivity contribution in [3.05, 3.63) is 46.1 Å². The zero-order valence-electron chi connectivity index (χ0n) is 12.4. The Hall–Kier alpha value is -1.90. The number of aryl methyl sites for hydroxylation is 1. The fourth-order valence-electron chi connectivity index (χ4n) is 2.01. The van der Waals surface area contributed by atoms with Crippen molar-refractivity contribution in [2.45, 2.75) is 20.1 Å². The smallest absolute Gasteiger partial charge is 0.308 e. The van der Waals surface area contributed by atoms with Gasteiger partial charge in [-0.15, -0.1) is 0 Å². The van der Waals surface area contributed by atoms with Gasteiger partial charge in [0.2, 0.25) is 6.33 Å². The Bertz CT molecular complexity index is 711. The van der Waals surface area contributed by atoms with Gasteiger partial charge in [0, 0.05) is 17.4 Å². The van der Waals surface area contributed by atoms with Gasteiger partial charge in [0.25, 0.3) is 6.23 Å². The summed E-state index contributed by atoms with van der Waals surface area (Å²) in [5.74, 6) is -0.474. The van der Waals surface area contributed by atoms with Crippen molar-refractivity contribution in [2.75, 3.05) is 0 Å². The van der Waals surface area contributed by atoms with Crippen LogP contribution in [-0.4, -0.2) is 16.5 Å². The minimum absolute atomic E-state index is 0.377. The number of carbonyl (C=O) groups is 2. The maximum absolute atomic E-state index is 11.5. The van der Waals surface area contributed by atoms with Crippen LogP contribution in [0.25, 0.3) is 0 Å². The first-order valence-corrected chi connectivity index (χ1v) is 7.62. The molecule has 0 aliphatic heterocycles. The number of esters is 2. The second-order valence-electron chi connectivity index (χ2n) is 4.76. The van der Waals surface area contributed by atoms with Crippen molar-refractivity contribution in [1.29, 1.82) is 0 Å². The van der Waals surface area contributed by atoms with Gasteiger partial charge < -0.3 is 9.47 Å². The molecule has 0 N–H and O–H groups in total. The Morgan fingerprint density at radius 3 is 2.55 bits per heavy atom. The summed E-state index contributed by atoms with van der Waals surface area (Å²) in [6, 6.07) is 5.38. The molecule has 0 aliphatic rings. The van der Waals surface area contributed by atoms with E-state index in [0.717, 1.165) is 3.57 Å². The number of rotatable bonds is 4. The Balaban J connectivity index is 2.51. The lowest BCUT2D eigenvalue weighted by Crippen LogP contribution is -2.25. The van der Waals surface area contributed by atoms with Gasteiger partial charge >= 0.3 is 11.9 Å². The molecule has 7 heteroatoms. The number of halogens is 1. The minimum Gasteiger partial charge on any atom is -0.426 e. The summed E-state index contributed by atoms with van der Waals surface area (Å²) in [7, 11) is 1.86. The van der Waals surface area contributed by atoms with Crippen LogP contribution in [-0.2, 0) is 21.4 Å². The quantitative estimate of drug-likeness (QED) is 0.332. The van der Waals surface area contributed by atoms with Gasteiger partial charge in [0.1, 0.15) is 18.1 Å². The molecule has 2 rings (SSSR count). The zero-order valence-corrected chi connectivity index (χ0v) is 14.6. The highest BCUT2D eigenvalue weighted by atomic mass is 127. The van der Waals surface area contributed by atoms with Crippen molar-refractivity contribution in [2.24, 2.45) is 7.05 Å². The molecule has 2 aromatic rings. The summed E-state index contributed by atoms with van der Waals surface area (Å²) in [5.41, 5.74) is 0.599. The van der Waals surface area contributed by atoms with Crippen LogP contribution >= 0.6 is 22.6 Å². The van der Waals surface area contributed by atoms with Crippen molar-refractivity contribution < 1.29 is 23.6 Å². The molecule has 116 valence electrons. The maximum Gasteiger partial charge on any atom is 0.308 e. The molecular weight excluding hydrogens is 399 g/mol. The molecule has 0 saturated heterocycles. The highest BCUT2D eigenvalue weighted by Crippen LogP contribution is 2.31. The number of aromatic nitrogens is 2. The van der Waals surface area contributed by atoms with E-state index in [-0.39, 0.29) is 0 Å². The van der Waals surface area contributed by atoms with Crippen LogP contribution in [0.4, 0.5) is 0 Å². The SMILES string of the molecule is CC(=O)Oc1cc(I)ccc1C(OC(C)=O)n1cc[n+](C)c1. The average molecular weight is 415 g/mol. The molecule has 22 heavy (non-hydrogen) atoms. The summed E-state index contributed by atoms with van der Waals surface area (Å²) in [6.45, 7) is 2.68. The summed E-state index contributed by atoms with van der Waals surface area (Å²) in [6.07, 6.45) is 4.69. The molecule has 0 spiro atoms. The molecule has 0 fully saturated rings. The van der Waals surface area contributed by atoms with Crippen LogP contribution < -0.4 is 9.30 Å². The number of carbonyl (C=O) groups excluding carboxylic acids is 2. The summed E-state index contributed by atoms with van der Waals surface area (Å²) in [5, 5.41) is 0. The third-order valence-corrected chi connectivity index (χ3v) is 3.50. The highest BCUT2D eigenvalue weighted by Gasteiger charge is 2.26. The molecule has 1 heterocycles. The van der Waals surface area contributed by atoms with E-state index in [4.69, 9.17) is 9.47 Å². The minimum atomic E-state index is -0.704. The lowest BCUT2D eigenvalue weighted by Gasteiger charge is -2.17. The van der Waals surface area contributed by atoms with Gasteiger partial charge in [-0.2, -0.15) is 4.57 Å². The predicted octanol–water partition coefficient (Wildman–Crippen LogP) is 1.95. The van der Waals surface area contributed by atoms with Gasteiger partial charge in [-0.1, -0.05) is 0 Å². The Labute approximate surface area is 141 Å². The molecule has 6 nitrogen and oxygen atoms in total. The van der Waals surface area contributed by atoms with Crippen molar-refractivity contribution >= 4 is 34.5 Å². The molecular formula is C15H16IN2O4+. The lowest BCUT2D eigenvalue weighted by atomic mass is 10.1. The normalized spacial score (nSPS) is 11.8. The Kier molecular flexibility index (Phi) is 5.17. The predicted molar refractivity (Wildman–Crippen MR) is 86.0 cm³/mol. The third kappa shape index (κ3) is 4.06. The van der Waals surface area contributed by atoms with E-state index in [1.165, 1.54) is 13.8 Å². The summed E-state index contributed by atoms with van der Waals surface area (Å²) >= 11 is 2.13. The summed E-state index contributed by atoms with van der Waals surface area (Å²) < 4.78 is 15.2. The molecule has 0 radical (unpaired) electrons. The lowest BCUT2D eigenvalue weighted by molar-refractivity contribution is -0.671. The topological polar surface area (TPSA) is 61.4 Å². The first-order chi connectivity index (χ1) is 10.4. The van der Waals surface area contributed by atoms with Gasteiger partial charge in [0.05, 0.1) is 12.6 Å². The van der Waals surface area contributed by atoms with E-state index in [2.05, 4.69) is 22.6 Å². The van der Waals surface area contributed by atoms with E-state index in [0.29, 0.717) is 11.3 Å². The zero-order chi connectivity index (χ0) is 16.3. The number of benzene rings is 1. The van der Waals surface area contributed by atoms with Crippen LogP contribution in [0.2, 0.25) is 0 Å². The fraction of sp³-hybridized carbons (Fsp3) is 0.267. The molecule has 1 aromatic heterocycles. The molecule has 1 aromatic carbocycles.